The van der Waals surface area contributed by atoms with Crippen LogP contribution in [0.5, 0.6) is 5.75 Å². The van der Waals surface area contributed by atoms with Crippen LogP contribution >= 0.6 is 38.9 Å². The van der Waals surface area contributed by atoms with Gasteiger partial charge in [0.25, 0.3) is 5.91 Å². The summed E-state index contributed by atoms with van der Waals surface area (Å²) < 4.78 is 7.54. The molecule has 0 radical (unpaired) electrons. The Morgan fingerprint density at radius 2 is 1.89 bits per heavy atom. The van der Waals surface area contributed by atoms with E-state index in [-0.39, 0.29) is 12.5 Å². The number of rotatable bonds is 5. The third-order valence-corrected chi connectivity index (χ3v) is 5.89. The lowest BCUT2D eigenvalue weighted by molar-refractivity contribution is -0.118. The van der Waals surface area contributed by atoms with Crippen LogP contribution in [0, 0.1) is 0 Å². The Balaban J connectivity index is 1.48. The summed E-state index contributed by atoms with van der Waals surface area (Å²) in [6.45, 7) is -0.0826. The third-order valence-electron chi connectivity index (χ3n) is 3.96. The number of amides is 1. The molecule has 0 aliphatic rings. The van der Waals surface area contributed by atoms with E-state index in [9.17, 15) is 4.79 Å². The van der Waals surface area contributed by atoms with Crippen molar-refractivity contribution in [3.8, 4) is 16.3 Å². The van der Waals surface area contributed by atoms with Crippen LogP contribution in [0.15, 0.2) is 71.2 Å². The highest BCUT2D eigenvalue weighted by molar-refractivity contribution is 9.10. The van der Waals surface area contributed by atoms with Gasteiger partial charge in [-0.15, -0.1) is 11.3 Å². The quantitative estimate of drug-likeness (QED) is 0.365. The van der Waals surface area contributed by atoms with Gasteiger partial charge in [-0.25, -0.2) is 4.98 Å². The zero-order chi connectivity index (χ0) is 19.5. The van der Waals surface area contributed by atoms with Crippen LogP contribution in [0.3, 0.4) is 0 Å². The highest BCUT2D eigenvalue weighted by Gasteiger charge is 2.12. The molecular weight excluding hydrogens is 460 g/mol. The number of halogens is 2. The number of benzene rings is 3. The van der Waals surface area contributed by atoms with Crippen LogP contribution in [-0.4, -0.2) is 17.5 Å². The summed E-state index contributed by atoms with van der Waals surface area (Å²) in [4.78, 5) is 16.9. The highest BCUT2D eigenvalue weighted by atomic mass is 79.9. The van der Waals surface area contributed by atoms with Gasteiger partial charge in [-0.05, 0) is 54.6 Å². The second-order valence-corrected chi connectivity index (χ2v) is 8.33. The minimum absolute atomic E-state index is 0.0826. The van der Waals surface area contributed by atoms with Crippen LogP contribution in [0.4, 0.5) is 5.69 Å². The molecule has 7 heteroatoms. The Bertz CT molecular complexity index is 1110. The maximum Gasteiger partial charge on any atom is 0.262 e. The monoisotopic (exact) mass is 472 g/mol. The average Bonchev–Trinajstić information content (AvgIpc) is 3.13. The van der Waals surface area contributed by atoms with Gasteiger partial charge in [0.2, 0.25) is 0 Å². The minimum atomic E-state index is -0.250. The molecule has 4 aromatic rings. The van der Waals surface area contributed by atoms with E-state index in [4.69, 9.17) is 16.3 Å². The van der Waals surface area contributed by atoms with E-state index < -0.39 is 0 Å². The van der Waals surface area contributed by atoms with Crippen LogP contribution < -0.4 is 10.1 Å². The minimum Gasteiger partial charge on any atom is -0.484 e. The Morgan fingerprint density at radius 3 is 2.68 bits per heavy atom. The molecule has 0 saturated heterocycles. The van der Waals surface area contributed by atoms with Crippen molar-refractivity contribution < 1.29 is 9.53 Å². The first-order chi connectivity index (χ1) is 13.6. The number of nitrogens with zero attached hydrogens (tertiary/aromatic N) is 1. The van der Waals surface area contributed by atoms with E-state index in [1.165, 1.54) is 0 Å². The summed E-state index contributed by atoms with van der Waals surface area (Å²) in [5.74, 6) is 0.380. The number of carbonyl (C=O) groups is 1. The lowest BCUT2D eigenvalue weighted by Gasteiger charge is -2.09. The van der Waals surface area contributed by atoms with Crippen molar-refractivity contribution in [2.45, 2.75) is 0 Å². The Morgan fingerprint density at radius 1 is 1.11 bits per heavy atom. The van der Waals surface area contributed by atoms with Gasteiger partial charge < -0.3 is 10.1 Å². The summed E-state index contributed by atoms with van der Waals surface area (Å²) in [5, 5.41) is 4.24. The van der Waals surface area contributed by atoms with Crippen molar-refractivity contribution in [2.24, 2.45) is 0 Å². The molecule has 0 spiro atoms. The number of ether oxygens (including phenoxy) is 1. The summed E-state index contributed by atoms with van der Waals surface area (Å²) in [7, 11) is 0. The fourth-order valence-corrected chi connectivity index (χ4v) is 4.15. The van der Waals surface area contributed by atoms with Crippen LogP contribution in [-0.2, 0) is 4.79 Å². The number of carbonyl (C=O) groups excluding carboxylic acids is 1. The van der Waals surface area contributed by atoms with Crippen LogP contribution in [0.25, 0.3) is 20.8 Å². The lowest BCUT2D eigenvalue weighted by atomic mass is 10.2. The largest absolute Gasteiger partial charge is 0.484 e. The number of fused-ring (bicyclic) bond motifs is 1. The molecule has 0 unspecified atom stereocenters. The summed E-state index contributed by atoms with van der Waals surface area (Å²) in [6.07, 6.45) is 0. The van der Waals surface area contributed by atoms with E-state index in [2.05, 4.69) is 26.2 Å². The predicted molar refractivity (Wildman–Crippen MR) is 118 cm³/mol. The molecule has 1 amide bonds. The molecule has 0 fully saturated rings. The molecule has 28 heavy (non-hydrogen) atoms. The zero-order valence-electron chi connectivity index (χ0n) is 14.5. The molecule has 0 atom stereocenters. The topological polar surface area (TPSA) is 51.2 Å². The fraction of sp³-hybridized carbons (Fsp3) is 0.0476. The van der Waals surface area contributed by atoms with Crippen molar-refractivity contribution in [3.63, 3.8) is 0 Å². The first-order valence-electron chi connectivity index (χ1n) is 8.42. The van der Waals surface area contributed by atoms with Gasteiger partial charge >= 0.3 is 0 Å². The molecule has 3 aromatic carbocycles. The molecule has 4 rings (SSSR count). The second kappa shape index (κ2) is 8.31. The van der Waals surface area contributed by atoms with Gasteiger partial charge in [0.05, 0.1) is 15.2 Å². The summed E-state index contributed by atoms with van der Waals surface area (Å²) in [5.41, 5.74) is 2.36. The van der Waals surface area contributed by atoms with Gasteiger partial charge in [-0.1, -0.05) is 39.7 Å². The molecule has 1 N–H and O–H groups in total. The van der Waals surface area contributed by atoms with E-state index in [1.807, 2.05) is 42.5 Å². The summed E-state index contributed by atoms with van der Waals surface area (Å²) in [6, 6.07) is 20.6. The Hall–Kier alpha value is -2.41. The van der Waals surface area contributed by atoms with Gasteiger partial charge in [-0.3, -0.25) is 4.79 Å². The van der Waals surface area contributed by atoms with Crippen molar-refractivity contribution in [1.82, 2.24) is 4.98 Å². The molecule has 0 aliphatic heterocycles. The SMILES string of the molecule is O=C(COc1ccc(Br)cc1)Nc1ccc(Cl)c(-c2nc3ccccc3s2)c1. The molecule has 1 aromatic heterocycles. The maximum atomic E-state index is 12.2. The average molecular weight is 474 g/mol. The van der Waals surface area contributed by atoms with Gasteiger partial charge in [0.1, 0.15) is 10.8 Å². The normalized spacial score (nSPS) is 10.8. The zero-order valence-corrected chi connectivity index (χ0v) is 17.6. The maximum absolute atomic E-state index is 12.2. The molecule has 140 valence electrons. The molecular formula is C21H14BrClN2O2S. The van der Waals surface area contributed by atoms with E-state index in [0.29, 0.717) is 16.5 Å². The number of para-hydroxylation sites is 1. The van der Waals surface area contributed by atoms with Gasteiger partial charge in [0, 0.05) is 15.7 Å². The Kier molecular flexibility index (Phi) is 5.62. The number of thiazole rings is 1. The third kappa shape index (κ3) is 4.35. The van der Waals surface area contributed by atoms with E-state index in [0.717, 1.165) is 25.3 Å². The molecule has 0 aliphatic carbocycles. The fourth-order valence-electron chi connectivity index (χ4n) is 2.63. The molecule has 0 saturated carbocycles. The lowest BCUT2D eigenvalue weighted by Crippen LogP contribution is -2.20. The number of hydrogen-bond acceptors (Lipinski definition) is 4. The van der Waals surface area contributed by atoms with Crippen molar-refractivity contribution >= 4 is 60.7 Å². The number of hydrogen-bond donors (Lipinski definition) is 1. The molecule has 4 nitrogen and oxygen atoms in total. The number of nitrogens with one attached hydrogen (secondary N) is 1. The summed E-state index contributed by atoms with van der Waals surface area (Å²) >= 11 is 11.3. The van der Waals surface area contributed by atoms with E-state index in [1.54, 1.807) is 35.6 Å². The van der Waals surface area contributed by atoms with Crippen LogP contribution in [0.1, 0.15) is 0 Å². The van der Waals surface area contributed by atoms with Gasteiger partial charge in [0.15, 0.2) is 6.61 Å². The first kappa shape index (κ1) is 18.9. The molecule has 0 bridgehead atoms. The number of aromatic nitrogens is 1. The van der Waals surface area contributed by atoms with Crippen molar-refractivity contribution in [1.29, 1.82) is 0 Å². The second-order valence-electron chi connectivity index (χ2n) is 5.97. The van der Waals surface area contributed by atoms with Crippen molar-refractivity contribution in [2.75, 3.05) is 11.9 Å². The predicted octanol–water partition coefficient (Wildman–Crippen LogP) is 6.40. The smallest absolute Gasteiger partial charge is 0.262 e. The molecule has 1 heterocycles. The van der Waals surface area contributed by atoms with Crippen molar-refractivity contribution in [3.05, 3.63) is 76.2 Å². The van der Waals surface area contributed by atoms with E-state index >= 15 is 0 Å². The number of anilines is 1. The Labute approximate surface area is 179 Å². The van der Waals surface area contributed by atoms with Crippen LogP contribution in [0.2, 0.25) is 5.02 Å². The first-order valence-corrected chi connectivity index (χ1v) is 10.4. The van der Waals surface area contributed by atoms with Gasteiger partial charge in [-0.2, -0.15) is 0 Å². The highest BCUT2D eigenvalue weighted by Crippen LogP contribution is 2.35. The standard InChI is InChI=1S/C21H14BrClN2O2S/c22-13-5-8-15(9-6-13)27-12-20(26)24-14-7-10-17(23)16(11-14)21-25-18-3-1-2-4-19(18)28-21/h1-11H,12H2,(H,24,26).